The predicted molar refractivity (Wildman–Crippen MR) is 85.5 cm³/mol. The van der Waals surface area contributed by atoms with Crippen LogP contribution in [0.1, 0.15) is 5.56 Å². The molecule has 1 aromatic carbocycles. The van der Waals surface area contributed by atoms with Gasteiger partial charge in [-0.2, -0.15) is 0 Å². The van der Waals surface area contributed by atoms with Gasteiger partial charge in [0.15, 0.2) is 0 Å². The summed E-state index contributed by atoms with van der Waals surface area (Å²) in [7, 11) is -2.39. The summed E-state index contributed by atoms with van der Waals surface area (Å²) in [5.41, 5.74) is 1.29. The van der Waals surface area contributed by atoms with Crippen LogP contribution in [0.15, 0.2) is 39.8 Å². The SMILES string of the molecule is COc1cc(C)ccc1NS(=O)(=O)c1cc(Br)cnc1Cl. The number of ether oxygens (including phenoxy) is 1. The predicted octanol–water partition coefficient (Wildman–Crippen LogP) is 3.62. The van der Waals surface area contributed by atoms with E-state index in [1.165, 1.54) is 19.4 Å². The molecule has 0 aliphatic carbocycles. The Morgan fingerprint density at radius 1 is 1.33 bits per heavy atom. The van der Waals surface area contributed by atoms with Gasteiger partial charge in [-0.25, -0.2) is 13.4 Å². The van der Waals surface area contributed by atoms with Crippen molar-refractivity contribution in [3.63, 3.8) is 0 Å². The molecule has 112 valence electrons. The molecular weight excluding hydrogens is 380 g/mol. The third-order valence-electron chi connectivity index (χ3n) is 2.66. The fourth-order valence-electron chi connectivity index (χ4n) is 1.67. The highest BCUT2D eigenvalue weighted by molar-refractivity contribution is 9.10. The average Bonchev–Trinajstić information content (AvgIpc) is 2.43. The highest BCUT2D eigenvalue weighted by Crippen LogP contribution is 2.30. The van der Waals surface area contributed by atoms with E-state index in [9.17, 15) is 8.42 Å². The molecule has 0 aliphatic heterocycles. The highest BCUT2D eigenvalue weighted by Gasteiger charge is 2.21. The lowest BCUT2D eigenvalue weighted by atomic mass is 10.2. The highest BCUT2D eigenvalue weighted by atomic mass is 79.9. The third kappa shape index (κ3) is 3.66. The van der Waals surface area contributed by atoms with Gasteiger partial charge in [0.1, 0.15) is 15.8 Å². The van der Waals surface area contributed by atoms with E-state index >= 15 is 0 Å². The van der Waals surface area contributed by atoms with Crippen LogP contribution in [0.25, 0.3) is 0 Å². The summed E-state index contributed by atoms with van der Waals surface area (Å²) in [4.78, 5) is 3.70. The number of anilines is 1. The number of benzene rings is 1. The molecule has 0 spiro atoms. The number of hydrogen-bond donors (Lipinski definition) is 1. The number of methoxy groups -OCH3 is 1. The minimum atomic E-state index is -3.87. The van der Waals surface area contributed by atoms with E-state index in [-0.39, 0.29) is 10.0 Å². The maximum absolute atomic E-state index is 12.4. The Bertz CT molecular complexity index is 781. The number of nitrogens with one attached hydrogen (secondary N) is 1. The first-order chi connectivity index (χ1) is 9.83. The number of halogens is 2. The summed E-state index contributed by atoms with van der Waals surface area (Å²) in [6, 6.07) is 6.53. The van der Waals surface area contributed by atoms with Gasteiger partial charge >= 0.3 is 0 Å². The van der Waals surface area contributed by atoms with E-state index in [1.807, 2.05) is 6.92 Å². The molecule has 0 fully saturated rings. The Labute approximate surface area is 136 Å². The second-order valence-corrected chi connectivity index (χ2v) is 7.18. The lowest BCUT2D eigenvalue weighted by molar-refractivity contribution is 0.416. The molecule has 0 unspecified atom stereocenters. The molecule has 0 saturated heterocycles. The lowest BCUT2D eigenvalue weighted by Crippen LogP contribution is -2.14. The molecule has 8 heteroatoms. The standard InChI is InChI=1S/C13H12BrClN2O3S/c1-8-3-4-10(11(5-8)20-2)17-21(18,19)12-6-9(14)7-16-13(12)15/h3-7,17H,1-2H3. The van der Waals surface area contributed by atoms with E-state index in [0.29, 0.717) is 15.9 Å². The van der Waals surface area contributed by atoms with Crippen LogP contribution in [-0.4, -0.2) is 20.5 Å². The molecule has 5 nitrogen and oxygen atoms in total. The van der Waals surface area contributed by atoms with Crippen LogP contribution in [0, 0.1) is 6.92 Å². The summed E-state index contributed by atoms with van der Waals surface area (Å²) in [6.45, 7) is 1.88. The van der Waals surface area contributed by atoms with Gasteiger partial charge in [-0.3, -0.25) is 4.72 Å². The van der Waals surface area contributed by atoms with Crippen LogP contribution >= 0.6 is 27.5 Å². The Morgan fingerprint density at radius 2 is 2.05 bits per heavy atom. The zero-order chi connectivity index (χ0) is 15.6. The molecule has 0 atom stereocenters. The molecule has 0 aliphatic rings. The molecule has 21 heavy (non-hydrogen) atoms. The number of pyridine rings is 1. The van der Waals surface area contributed by atoms with Crippen molar-refractivity contribution in [1.29, 1.82) is 0 Å². The van der Waals surface area contributed by atoms with Gasteiger partial charge in [0.25, 0.3) is 10.0 Å². The lowest BCUT2D eigenvalue weighted by Gasteiger charge is -2.13. The maximum Gasteiger partial charge on any atom is 0.265 e. The van der Waals surface area contributed by atoms with E-state index in [2.05, 4.69) is 25.6 Å². The first-order valence-corrected chi connectivity index (χ1v) is 8.47. The number of sulfonamides is 1. The van der Waals surface area contributed by atoms with Crippen molar-refractivity contribution in [1.82, 2.24) is 4.98 Å². The molecule has 1 N–H and O–H groups in total. The van der Waals surface area contributed by atoms with Crippen LogP contribution < -0.4 is 9.46 Å². The van der Waals surface area contributed by atoms with Gasteiger partial charge in [-0.05, 0) is 46.6 Å². The van der Waals surface area contributed by atoms with Crippen molar-refractivity contribution >= 4 is 43.2 Å². The minimum absolute atomic E-state index is 0.100. The van der Waals surface area contributed by atoms with Crippen LogP contribution in [-0.2, 0) is 10.0 Å². The summed E-state index contributed by atoms with van der Waals surface area (Å²) in [5, 5.41) is -0.100. The fourth-order valence-corrected chi connectivity index (χ4v) is 3.69. The summed E-state index contributed by atoms with van der Waals surface area (Å²) in [5.74, 6) is 0.428. The number of hydrogen-bond acceptors (Lipinski definition) is 4. The van der Waals surface area contributed by atoms with Gasteiger partial charge in [0, 0.05) is 10.7 Å². The van der Waals surface area contributed by atoms with Gasteiger partial charge < -0.3 is 4.74 Å². The average molecular weight is 392 g/mol. The fraction of sp³-hybridized carbons (Fsp3) is 0.154. The Kier molecular flexibility index (Phi) is 4.75. The molecule has 2 rings (SSSR count). The number of rotatable bonds is 4. The van der Waals surface area contributed by atoms with Gasteiger partial charge in [0.2, 0.25) is 0 Å². The van der Waals surface area contributed by atoms with Crippen LogP contribution in [0.5, 0.6) is 5.75 Å². The summed E-state index contributed by atoms with van der Waals surface area (Å²) < 4.78 is 33.0. The van der Waals surface area contributed by atoms with Gasteiger partial charge in [-0.15, -0.1) is 0 Å². The van der Waals surface area contributed by atoms with Crippen molar-refractivity contribution in [2.24, 2.45) is 0 Å². The smallest absolute Gasteiger partial charge is 0.265 e. The van der Waals surface area contributed by atoms with Crippen molar-refractivity contribution in [2.75, 3.05) is 11.8 Å². The first-order valence-electron chi connectivity index (χ1n) is 5.82. The Morgan fingerprint density at radius 3 is 2.71 bits per heavy atom. The van der Waals surface area contributed by atoms with Crippen molar-refractivity contribution in [3.8, 4) is 5.75 Å². The topological polar surface area (TPSA) is 68.3 Å². The number of aryl methyl sites for hydroxylation is 1. The normalized spacial score (nSPS) is 11.2. The molecule has 1 aromatic heterocycles. The van der Waals surface area contributed by atoms with Crippen LogP contribution in [0.3, 0.4) is 0 Å². The molecule has 0 amide bonds. The number of nitrogens with zero attached hydrogens (tertiary/aromatic N) is 1. The minimum Gasteiger partial charge on any atom is -0.495 e. The van der Waals surface area contributed by atoms with E-state index < -0.39 is 10.0 Å². The second-order valence-electron chi connectivity index (χ2n) is 4.25. The van der Waals surface area contributed by atoms with Crippen LogP contribution in [0.2, 0.25) is 5.15 Å². The largest absolute Gasteiger partial charge is 0.495 e. The zero-order valence-electron chi connectivity index (χ0n) is 11.2. The van der Waals surface area contributed by atoms with Gasteiger partial charge in [0.05, 0.1) is 12.8 Å². The van der Waals surface area contributed by atoms with E-state index in [1.54, 1.807) is 18.2 Å². The zero-order valence-corrected chi connectivity index (χ0v) is 14.4. The monoisotopic (exact) mass is 390 g/mol. The van der Waals surface area contributed by atoms with Crippen molar-refractivity contribution in [3.05, 3.63) is 45.7 Å². The molecule has 1 heterocycles. The summed E-state index contributed by atoms with van der Waals surface area (Å²) >= 11 is 9.04. The molecule has 2 aromatic rings. The van der Waals surface area contributed by atoms with Crippen molar-refractivity contribution < 1.29 is 13.2 Å². The molecule has 0 radical (unpaired) electrons. The third-order valence-corrected chi connectivity index (χ3v) is 4.89. The van der Waals surface area contributed by atoms with Gasteiger partial charge in [-0.1, -0.05) is 17.7 Å². The Balaban J connectivity index is 2.45. The number of aromatic nitrogens is 1. The molecule has 0 bridgehead atoms. The molecular formula is C13H12BrClN2O3S. The Hall–Kier alpha value is -1.31. The van der Waals surface area contributed by atoms with E-state index in [0.717, 1.165) is 5.56 Å². The second kappa shape index (κ2) is 6.21. The summed E-state index contributed by atoms with van der Waals surface area (Å²) in [6.07, 6.45) is 1.42. The van der Waals surface area contributed by atoms with E-state index in [4.69, 9.17) is 16.3 Å². The quantitative estimate of drug-likeness (QED) is 0.808. The molecule has 0 saturated carbocycles. The van der Waals surface area contributed by atoms with Crippen molar-refractivity contribution in [2.45, 2.75) is 11.8 Å². The van der Waals surface area contributed by atoms with Crippen LogP contribution in [0.4, 0.5) is 5.69 Å². The first kappa shape index (κ1) is 16.1. The maximum atomic E-state index is 12.4.